The smallest absolute Gasteiger partial charge is 0.258 e. The molecular formula is C21H23ClN4O2. The van der Waals surface area contributed by atoms with Gasteiger partial charge < -0.3 is 10.1 Å². The summed E-state index contributed by atoms with van der Waals surface area (Å²) in [4.78, 5) is 21.1. The molecule has 3 rings (SSSR count). The third-order valence-corrected chi connectivity index (χ3v) is 4.41. The van der Waals surface area contributed by atoms with Crippen molar-refractivity contribution in [3.05, 3.63) is 81.8 Å². The molecule has 0 amide bonds. The van der Waals surface area contributed by atoms with Gasteiger partial charge in [-0.05, 0) is 56.3 Å². The molecule has 3 heterocycles. The van der Waals surface area contributed by atoms with Gasteiger partial charge in [0, 0.05) is 24.2 Å². The summed E-state index contributed by atoms with van der Waals surface area (Å²) in [6, 6.07) is 10.6. The van der Waals surface area contributed by atoms with Crippen molar-refractivity contribution in [1.82, 2.24) is 19.9 Å². The number of halogens is 1. The first-order valence-electron chi connectivity index (χ1n) is 9.27. The number of pyridine rings is 3. The monoisotopic (exact) mass is 398 g/mol. The van der Waals surface area contributed by atoms with Gasteiger partial charge in [-0.15, -0.1) is 0 Å². The predicted octanol–water partition coefficient (Wildman–Crippen LogP) is 3.40. The van der Waals surface area contributed by atoms with E-state index in [1.165, 1.54) is 6.07 Å². The second-order valence-corrected chi connectivity index (χ2v) is 6.73. The first-order valence-corrected chi connectivity index (χ1v) is 9.65. The fourth-order valence-electron chi connectivity index (χ4n) is 2.69. The summed E-state index contributed by atoms with van der Waals surface area (Å²) in [5.74, 6) is 0.492. The minimum atomic E-state index is -0.178. The van der Waals surface area contributed by atoms with Crippen LogP contribution in [0.1, 0.15) is 24.7 Å². The second kappa shape index (κ2) is 10.0. The van der Waals surface area contributed by atoms with Crippen LogP contribution in [-0.2, 0) is 13.0 Å². The van der Waals surface area contributed by atoms with E-state index in [0.29, 0.717) is 10.8 Å². The van der Waals surface area contributed by atoms with E-state index in [9.17, 15) is 4.79 Å². The van der Waals surface area contributed by atoms with E-state index in [1.54, 1.807) is 41.4 Å². The van der Waals surface area contributed by atoms with Crippen LogP contribution in [0, 0.1) is 0 Å². The maximum atomic E-state index is 12.4. The van der Waals surface area contributed by atoms with Gasteiger partial charge in [-0.3, -0.25) is 19.3 Å². The molecule has 0 saturated heterocycles. The lowest BCUT2D eigenvalue weighted by atomic mass is 10.2. The maximum Gasteiger partial charge on any atom is 0.258 e. The van der Waals surface area contributed by atoms with E-state index in [1.807, 2.05) is 12.1 Å². The molecule has 0 spiro atoms. The van der Waals surface area contributed by atoms with Crippen molar-refractivity contribution in [1.29, 1.82) is 0 Å². The lowest BCUT2D eigenvalue weighted by Gasteiger charge is -2.09. The van der Waals surface area contributed by atoms with Crippen LogP contribution in [0.3, 0.4) is 0 Å². The zero-order chi connectivity index (χ0) is 19.8. The van der Waals surface area contributed by atoms with Crippen molar-refractivity contribution in [3.63, 3.8) is 0 Å². The van der Waals surface area contributed by atoms with E-state index in [4.69, 9.17) is 16.3 Å². The number of hydrogen-bond acceptors (Lipinski definition) is 5. The topological polar surface area (TPSA) is 69.0 Å². The van der Waals surface area contributed by atoms with Crippen LogP contribution < -0.4 is 15.6 Å². The van der Waals surface area contributed by atoms with E-state index < -0.39 is 0 Å². The molecule has 0 saturated carbocycles. The predicted molar refractivity (Wildman–Crippen MR) is 110 cm³/mol. The van der Waals surface area contributed by atoms with Crippen molar-refractivity contribution in [2.45, 2.75) is 26.4 Å². The van der Waals surface area contributed by atoms with E-state index in [-0.39, 0.29) is 12.2 Å². The van der Waals surface area contributed by atoms with Crippen LogP contribution in [0.5, 0.6) is 5.75 Å². The Labute approximate surface area is 169 Å². The average molecular weight is 399 g/mol. The fourth-order valence-corrected chi connectivity index (χ4v) is 2.80. The number of ether oxygens (including phenoxy) is 1. The average Bonchev–Trinajstić information content (AvgIpc) is 2.71. The summed E-state index contributed by atoms with van der Waals surface area (Å²) in [5.41, 5.74) is 2.31. The van der Waals surface area contributed by atoms with Gasteiger partial charge in [0.05, 0.1) is 22.6 Å². The number of aromatic nitrogens is 3. The van der Waals surface area contributed by atoms with Gasteiger partial charge in [0.1, 0.15) is 12.4 Å². The zero-order valence-corrected chi connectivity index (χ0v) is 16.5. The normalized spacial score (nSPS) is 10.8. The van der Waals surface area contributed by atoms with Crippen molar-refractivity contribution in [2.24, 2.45) is 0 Å². The molecule has 0 aliphatic carbocycles. The Morgan fingerprint density at radius 1 is 1.11 bits per heavy atom. The summed E-state index contributed by atoms with van der Waals surface area (Å²) < 4.78 is 7.19. The molecule has 0 bridgehead atoms. The molecule has 0 atom stereocenters. The summed E-state index contributed by atoms with van der Waals surface area (Å²) in [7, 11) is 0. The molecule has 3 aromatic rings. The minimum Gasteiger partial charge on any atom is -0.487 e. The van der Waals surface area contributed by atoms with Crippen molar-refractivity contribution in [2.75, 3.05) is 13.1 Å². The first kappa shape index (κ1) is 20.0. The molecule has 0 aliphatic heterocycles. The number of nitrogens with zero attached hydrogens (tertiary/aromatic N) is 3. The van der Waals surface area contributed by atoms with Crippen LogP contribution in [0.25, 0.3) is 5.69 Å². The van der Waals surface area contributed by atoms with Gasteiger partial charge >= 0.3 is 0 Å². The number of hydrogen-bond donors (Lipinski definition) is 1. The molecular weight excluding hydrogens is 376 g/mol. The SMILES string of the molecule is CCNCCCc1ccc(-n2ccc(OCc3ccc(Cl)cn3)cc2=O)cn1. The van der Waals surface area contributed by atoms with Crippen LogP contribution >= 0.6 is 11.6 Å². The van der Waals surface area contributed by atoms with Gasteiger partial charge in [0.2, 0.25) is 0 Å². The molecule has 146 valence electrons. The zero-order valence-electron chi connectivity index (χ0n) is 15.8. The van der Waals surface area contributed by atoms with Crippen LogP contribution in [-0.4, -0.2) is 27.6 Å². The van der Waals surface area contributed by atoms with Gasteiger partial charge in [0.15, 0.2) is 0 Å². The van der Waals surface area contributed by atoms with Gasteiger partial charge in [-0.25, -0.2) is 0 Å². The number of rotatable bonds is 9. The third kappa shape index (κ3) is 5.65. The van der Waals surface area contributed by atoms with Crippen molar-refractivity contribution in [3.8, 4) is 11.4 Å². The van der Waals surface area contributed by atoms with E-state index in [0.717, 1.165) is 43.0 Å². The summed E-state index contributed by atoms with van der Waals surface area (Å²) in [6.45, 7) is 4.32. The van der Waals surface area contributed by atoms with Crippen molar-refractivity contribution >= 4 is 11.6 Å². The van der Waals surface area contributed by atoms with Crippen LogP contribution in [0.15, 0.2) is 59.8 Å². The highest BCUT2D eigenvalue weighted by Crippen LogP contribution is 2.13. The van der Waals surface area contributed by atoms with Gasteiger partial charge in [-0.1, -0.05) is 18.5 Å². The standard InChI is InChI=1S/C21H23ClN4O2/c1-2-23-10-3-4-17-7-8-19(14-25-17)26-11-9-20(12-21(26)27)28-15-18-6-5-16(22)13-24-18/h5-9,11-14,23H,2-4,10,15H2,1H3. The van der Waals surface area contributed by atoms with Gasteiger partial charge in [0.25, 0.3) is 5.56 Å². The Balaban J connectivity index is 1.61. The Hall–Kier alpha value is -2.70. The first-order chi connectivity index (χ1) is 13.7. The highest BCUT2D eigenvalue weighted by atomic mass is 35.5. The highest BCUT2D eigenvalue weighted by Gasteiger charge is 2.04. The number of aryl methyl sites for hydroxylation is 1. The lowest BCUT2D eigenvalue weighted by Crippen LogP contribution is -2.17. The van der Waals surface area contributed by atoms with E-state index >= 15 is 0 Å². The molecule has 1 N–H and O–H groups in total. The van der Waals surface area contributed by atoms with Gasteiger partial charge in [-0.2, -0.15) is 0 Å². The molecule has 0 fully saturated rings. The molecule has 0 aliphatic rings. The van der Waals surface area contributed by atoms with E-state index in [2.05, 4.69) is 22.2 Å². The fraction of sp³-hybridized carbons (Fsp3) is 0.286. The minimum absolute atomic E-state index is 0.178. The van der Waals surface area contributed by atoms with Crippen molar-refractivity contribution < 1.29 is 4.74 Å². The Kier molecular flexibility index (Phi) is 7.17. The number of nitrogens with one attached hydrogen (secondary N) is 1. The quantitative estimate of drug-likeness (QED) is 0.559. The Morgan fingerprint density at radius 3 is 2.61 bits per heavy atom. The molecule has 3 aromatic heterocycles. The molecule has 7 heteroatoms. The third-order valence-electron chi connectivity index (χ3n) is 4.19. The van der Waals surface area contributed by atoms with Crippen LogP contribution in [0.2, 0.25) is 5.02 Å². The molecule has 0 radical (unpaired) electrons. The maximum absolute atomic E-state index is 12.4. The summed E-state index contributed by atoms with van der Waals surface area (Å²) in [5, 5.41) is 3.87. The Morgan fingerprint density at radius 2 is 1.93 bits per heavy atom. The molecule has 28 heavy (non-hydrogen) atoms. The Bertz CT molecular complexity index is 940. The molecule has 6 nitrogen and oxygen atoms in total. The summed E-state index contributed by atoms with van der Waals surface area (Å²) in [6.07, 6.45) is 6.93. The highest BCUT2D eigenvalue weighted by molar-refractivity contribution is 6.30. The largest absolute Gasteiger partial charge is 0.487 e. The van der Waals surface area contributed by atoms with Crippen LogP contribution in [0.4, 0.5) is 0 Å². The molecule has 0 unspecified atom stereocenters. The summed E-state index contributed by atoms with van der Waals surface area (Å²) >= 11 is 5.82. The lowest BCUT2D eigenvalue weighted by molar-refractivity contribution is 0.300. The second-order valence-electron chi connectivity index (χ2n) is 6.29. The molecule has 0 aromatic carbocycles.